The molecule has 2 aromatic rings. The molecular weight excluding hydrogens is 198 g/mol. The first-order valence-electron chi connectivity index (χ1n) is 5.60. The number of rotatable bonds is 4. The van der Waals surface area contributed by atoms with Gasteiger partial charge < -0.3 is 9.73 Å². The molecule has 0 saturated carbocycles. The Morgan fingerprint density at radius 2 is 2.12 bits per heavy atom. The SMILES string of the molecule is CC(C)c1cccc(NCc2ccoc2)c1. The van der Waals surface area contributed by atoms with Gasteiger partial charge in [-0.1, -0.05) is 26.0 Å². The van der Waals surface area contributed by atoms with Crippen LogP contribution in [0.1, 0.15) is 30.9 Å². The van der Waals surface area contributed by atoms with Gasteiger partial charge in [0.05, 0.1) is 12.5 Å². The summed E-state index contributed by atoms with van der Waals surface area (Å²) in [7, 11) is 0. The predicted octanol–water partition coefficient (Wildman–Crippen LogP) is 4.02. The molecule has 0 atom stereocenters. The van der Waals surface area contributed by atoms with E-state index in [1.54, 1.807) is 12.5 Å². The highest BCUT2D eigenvalue weighted by atomic mass is 16.3. The third kappa shape index (κ3) is 2.66. The number of furan rings is 1. The molecule has 0 radical (unpaired) electrons. The van der Waals surface area contributed by atoms with Crippen molar-refractivity contribution < 1.29 is 4.42 Å². The van der Waals surface area contributed by atoms with Gasteiger partial charge in [-0.05, 0) is 29.7 Å². The van der Waals surface area contributed by atoms with Gasteiger partial charge in [0.15, 0.2) is 0 Å². The average Bonchev–Trinajstić information content (AvgIpc) is 2.79. The number of anilines is 1. The Balaban J connectivity index is 2.01. The predicted molar refractivity (Wildman–Crippen MR) is 66.6 cm³/mol. The second-order valence-corrected chi connectivity index (χ2v) is 4.27. The lowest BCUT2D eigenvalue weighted by molar-refractivity contribution is 0.564. The molecule has 1 aromatic carbocycles. The second-order valence-electron chi connectivity index (χ2n) is 4.27. The largest absolute Gasteiger partial charge is 0.472 e. The molecule has 1 N–H and O–H groups in total. The summed E-state index contributed by atoms with van der Waals surface area (Å²) in [6, 6.07) is 10.5. The van der Waals surface area contributed by atoms with Crippen molar-refractivity contribution >= 4 is 5.69 Å². The van der Waals surface area contributed by atoms with Gasteiger partial charge in [0.1, 0.15) is 0 Å². The van der Waals surface area contributed by atoms with Crippen molar-refractivity contribution in [1.29, 1.82) is 0 Å². The first kappa shape index (κ1) is 10.8. The van der Waals surface area contributed by atoms with E-state index in [9.17, 15) is 0 Å². The van der Waals surface area contributed by atoms with Crippen LogP contribution in [0.5, 0.6) is 0 Å². The van der Waals surface area contributed by atoms with Gasteiger partial charge in [0.2, 0.25) is 0 Å². The molecule has 0 saturated heterocycles. The van der Waals surface area contributed by atoms with Gasteiger partial charge in [-0.25, -0.2) is 0 Å². The Bertz CT molecular complexity index is 432. The molecule has 2 rings (SSSR count). The Labute approximate surface area is 96.3 Å². The van der Waals surface area contributed by atoms with E-state index >= 15 is 0 Å². The van der Waals surface area contributed by atoms with Crippen LogP contribution >= 0.6 is 0 Å². The summed E-state index contributed by atoms with van der Waals surface area (Å²) >= 11 is 0. The lowest BCUT2D eigenvalue weighted by Gasteiger charge is -2.09. The third-order valence-corrected chi connectivity index (χ3v) is 2.63. The minimum atomic E-state index is 0.565. The zero-order valence-corrected chi connectivity index (χ0v) is 9.73. The van der Waals surface area contributed by atoms with Crippen LogP contribution in [0.2, 0.25) is 0 Å². The molecule has 84 valence electrons. The van der Waals surface area contributed by atoms with Crippen LogP contribution in [-0.2, 0) is 6.54 Å². The zero-order chi connectivity index (χ0) is 11.4. The van der Waals surface area contributed by atoms with Crippen molar-refractivity contribution in [2.75, 3.05) is 5.32 Å². The molecule has 1 aromatic heterocycles. The summed E-state index contributed by atoms with van der Waals surface area (Å²) in [4.78, 5) is 0. The van der Waals surface area contributed by atoms with Crippen molar-refractivity contribution in [2.45, 2.75) is 26.3 Å². The summed E-state index contributed by atoms with van der Waals surface area (Å²) in [5, 5.41) is 3.38. The van der Waals surface area contributed by atoms with Crippen LogP contribution in [0.15, 0.2) is 47.3 Å². The molecule has 1 heterocycles. The molecule has 2 heteroatoms. The lowest BCUT2D eigenvalue weighted by atomic mass is 10.0. The molecule has 0 spiro atoms. The van der Waals surface area contributed by atoms with Gasteiger partial charge in [0.25, 0.3) is 0 Å². The molecular formula is C14H17NO. The van der Waals surface area contributed by atoms with Crippen LogP contribution < -0.4 is 5.32 Å². The topological polar surface area (TPSA) is 25.2 Å². The van der Waals surface area contributed by atoms with Crippen molar-refractivity contribution in [3.05, 3.63) is 54.0 Å². The standard InChI is InChI=1S/C14H17NO/c1-11(2)13-4-3-5-14(8-13)15-9-12-6-7-16-10-12/h3-8,10-11,15H,9H2,1-2H3. The third-order valence-electron chi connectivity index (χ3n) is 2.63. The molecule has 16 heavy (non-hydrogen) atoms. The van der Waals surface area contributed by atoms with Crippen molar-refractivity contribution in [1.82, 2.24) is 0 Å². The fraction of sp³-hybridized carbons (Fsp3) is 0.286. The maximum absolute atomic E-state index is 5.02. The van der Waals surface area contributed by atoms with Crippen LogP contribution in [0.3, 0.4) is 0 Å². The quantitative estimate of drug-likeness (QED) is 0.833. The summed E-state index contributed by atoms with van der Waals surface area (Å²) in [5.41, 5.74) is 3.68. The molecule has 0 aliphatic carbocycles. The maximum atomic E-state index is 5.02. The molecule has 0 fully saturated rings. The van der Waals surface area contributed by atoms with E-state index in [-0.39, 0.29) is 0 Å². The van der Waals surface area contributed by atoms with E-state index in [0.717, 1.165) is 17.8 Å². The highest BCUT2D eigenvalue weighted by Gasteiger charge is 2.00. The highest BCUT2D eigenvalue weighted by Crippen LogP contribution is 2.19. The highest BCUT2D eigenvalue weighted by molar-refractivity contribution is 5.46. The zero-order valence-electron chi connectivity index (χ0n) is 9.73. The summed E-state index contributed by atoms with van der Waals surface area (Å²) in [6.07, 6.45) is 3.46. The molecule has 0 unspecified atom stereocenters. The first-order chi connectivity index (χ1) is 7.75. The van der Waals surface area contributed by atoms with E-state index in [1.807, 2.05) is 6.07 Å². The molecule has 0 amide bonds. The van der Waals surface area contributed by atoms with Crippen LogP contribution in [-0.4, -0.2) is 0 Å². The van der Waals surface area contributed by atoms with E-state index in [4.69, 9.17) is 4.42 Å². The normalized spacial score (nSPS) is 10.7. The molecule has 0 aliphatic rings. The van der Waals surface area contributed by atoms with Crippen molar-refractivity contribution in [3.8, 4) is 0 Å². The van der Waals surface area contributed by atoms with E-state index < -0.39 is 0 Å². The van der Waals surface area contributed by atoms with Gasteiger partial charge >= 0.3 is 0 Å². The van der Waals surface area contributed by atoms with Crippen LogP contribution in [0.25, 0.3) is 0 Å². The van der Waals surface area contributed by atoms with Gasteiger partial charge in [-0.15, -0.1) is 0 Å². The smallest absolute Gasteiger partial charge is 0.0952 e. The van der Waals surface area contributed by atoms with Crippen LogP contribution in [0, 0.1) is 0 Å². The second kappa shape index (κ2) is 4.88. The van der Waals surface area contributed by atoms with Gasteiger partial charge in [0, 0.05) is 17.8 Å². The van der Waals surface area contributed by atoms with E-state index in [1.165, 1.54) is 5.56 Å². The van der Waals surface area contributed by atoms with Gasteiger partial charge in [-0.3, -0.25) is 0 Å². The van der Waals surface area contributed by atoms with E-state index in [0.29, 0.717) is 5.92 Å². The number of hydrogen-bond acceptors (Lipinski definition) is 2. The number of hydrogen-bond donors (Lipinski definition) is 1. The summed E-state index contributed by atoms with van der Waals surface area (Å²) in [6.45, 7) is 5.21. The Morgan fingerprint density at radius 1 is 1.25 bits per heavy atom. The van der Waals surface area contributed by atoms with E-state index in [2.05, 4.69) is 43.4 Å². The number of benzene rings is 1. The Morgan fingerprint density at radius 3 is 2.81 bits per heavy atom. The minimum absolute atomic E-state index is 0.565. The van der Waals surface area contributed by atoms with Crippen LogP contribution in [0.4, 0.5) is 5.69 Å². The monoisotopic (exact) mass is 215 g/mol. The van der Waals surface area contributed by atoms with Crippen molar-refractivity contribution in [2.24, 2.45) is 0 Å². The maximum Gasteiger partial charge on any atom is 0.0952 e. The fourth-order valence-electron chi connectivity index (χ4n) is 1.61. The molecule has 0 aliphatic heterocycles. The van der Waals surface area contributed by atoms with Gasteiger partial charge in [-0.2, -0.15) is 0 Å². The molecule has 0 bridgehead atoms. The Hall–Kier alpha value is -1.70. The first-order valence-corrected chi connectivity index (χ1v) is 5.60. The lowest BCUT2D eigenvalue weighted by Crippen LogP contribution is -1.99. The fourth-order valence-corrected chi connectivity index (χ4v) is 1.61. The average molecular weight is 215 g/mol. The molecule has 2 nitrogen and oxygen atoms in total. The number of nitrogens with one attached hydrogen (secondary N) is 1. The summed E-state index contributed by atoms with van der Waals surface area (Å²) < 4.78 is 5.02. The van der Waals surface area contributed by atoms with Crippen molar-refractivity contribution in [3.63, 3.8) is 0 Å². The Kier molecular flexibility index (Phi) is 3.30. The summed E-state index contributed by atoms with van der Waals surface area (Å²) in [5.74, 6) is 0.565. The minimum Gasteiger partial charge on any atom is -0.472 e.